The highest BCUT2D eigenvalue weighted by molar-refractivity contribution is 5.79. The van der Waals surface area contributed by atoms with Crippen LogP contribution in [0, 0.1) is 5.41 Å². The van der Waals surface area contributed by atoms with Crippen molar-refractivity contribution in [3.8, 4) is 11.5 Å². The molecule has 1 aromatic heterocycles. The van der Waals surface area contributed by atoms with Crippen molar-refractivity contribution in [2.75, 3.05) is 24.5 Å². The maximum atomic E-state index is 12.6. The third-order valence-corrected chi connectivity index (χ3v) is 6.16. The van der Waals surface area contributed by atoms with Crippen LogP contribution in [-0.4, -0.2) is 40.6 Å². The van der Waals surface area contributed by atoms with Crippen LogP contribution in [-0.2, 0) is 11.3 Å². The van der Waals surface area contributed by atoms with Gasteiger partial charge in [-0.3, -0.25) is 4.79 Å². The maximum Gasteiger partial charge on any atom is 0.266 e. The Balaban J connectivity index is 1.23. The normalized spacial score (nSPS) is 18.6. The molecule has 5 rings (SSSR count). The van der Waals surface area contributed by atoms with Crippen molar-refractivity contribution in [1.29, 1.82) is 0 Å². The zero-order valence-corrected chi connectivity index (χ0v) is 16.3. The minimum Gasteiger partial charge on any atom is -0.338 e. The van der Waals surface area contributed by atoms with Crippen LogP contribution in [0.15, 0.2) is 65.2 Å². The van der Waals surface area contributed by atoms with Gasteiger partial charge in [-0.15, -0.1) is 0 Å². The number of carbonyl (C=O) groups excluding carboxylic acids is 1. The van der Waals surface area contributed by atoms with Gasteiger partial charge in [-0.1, -0.05) is 48.5 Å². The molecule has 1 spiro atoms. The molecule has 148 valence electrons. The highest BCUT2D eigenvalue weighted by atomic mass is 16.5. The summed E-state index contributed by atoms with van der Waals surface area (Å²) in [7, 11) is 0. The van der Waals surface area contributed by atoms with Crippen molar-refractivity contribution in [2.45, 2.75) is 25.8 Å². The molecule has 0 bridgehead atoms. The number of nitrogens with zero attached hydrogens (tertiary/aromatic N) is 4. The van der Waals surface area contributed by atoms with Gasteiger partial charge in [0.25, 0.3) is 11.8 Å². The van der Waals surface area contributed by atoms with Crippen LogP contribution in [0.5, 0.6) is 0 Å². The lowest BCUT2D eigenvalue weighted by atomic mass is 9.77. The highest BCUT2D eigenvalue weighted by Crippen LogP contribution is 2.42. The molecule has 2 fully saturated rings. The van der Waals surface area contributed by atoms with Crippen LogP contribution in [0.4, 0.5) is 5.95 Å². The van der Waals surface area contributed by atoms with Crippen molar-refractivity contribution in [2.24, 2.45) is 5.41 Å². The fourth-order valence-corrected chi connectivity index (χ4v) is 4.49. The first-order chi connectivity index (χ1) is 14.2. The molecular weight excluding hydrogens is 364 g/mol. The number of likely N-dealkylation sites (tertiary alicyclic amines) is 1. The average molecular weight is 388 g/mol. The summed E-state index contributed by atoms with van der Waals surface area (Å²) < 4.78 is 5.46. The molecule has 1 amide bonds. The van der Waals surface area contributed by atoms with Gasteiger partial charge in [-0.05, 0) is 35.7 Å². The second-order valence-corrected chi connectivity index (χ2v) is 8.16. The summed E-state index contributed by atoms with van der Waals surface area (Å²) in [6, 6.07) is 20.1. The van der Waals surface area contributed by atoms with Gasteiger partial charge in [0.05, 0.1) is 0 Å². The van der Waals surface area contributed by atoms with Crippen LogP contribution in [0.25, 0.3) is 11.5 Å². The van der Waals surface area contributed by atoms with E-state index in [-0.39, 0.29) is 11.3 Å². The van der Waals surface area contributed by atoms with Crippen molar-refractivity contribution < 1.29 is 9.32 Å². The number of piperidine rings is 1. The number of carbonyl (C=O) groups is 1. The number of hydrogen-bond donors (Lipinski definition) is 0. The van der Waals surface area contributed by atoms with E-state index in [0.717, 1.165) is 38.0 Å². The number of hydrogen-bond acceptors (Lipinski definition) is 5. The van der Waals surface area contributed by atoms with E-state index in [0.29, 0.717) is 24.8 Å². The molecule has 0 N–H and O–H groups in total. The van der Waals surface area contributed by atoms with Crippen molar-refractivity contribution >= 4 is 11.9 Å². The Morgan fingerprint density at radius 2 is 1.66 bits per heavy atom. The molecule has 2 aliphatic heterocycles. The van der Waals surface area contributed by atoms with E-state index in [4.69, 9.17) is 4.52 Å². The first-order valence-electron chi connectivity index (χ1n) is 10.2. The van der Waals surface area contributed by atoms with E-state index in [9.17, 15) is 4.79 Å². The highest BCUT2D eigenvalue weighted by Gasteiger charge is 2.45. The number of benzene rings is 2. The monoisotopic (exact) mass is 388 g/mol. The summed E-state index contributed by atoms with van der Waals surface area (Å²) in [4.78, 5) is 21.4. The van der Waals surface area contributed by atoms with E-state index in [1.807, 2.05) is 53.4 Å². The van der Waals surface area contributed by atoms with Crippen LogP contribution in [0.2, 0.25) is 0 Å². The van der Waals surface area contributed by atoms with Crippen molar-refractivity contribution in [1.82, 2.24) is 15.0 Å². The molecule has 29 heavy (non-hydrogen) atoms. The zero-order valence-electron chi connectivity index (χ0n) is 16.3. The standard InChI is InChI=1S/C23H24N4O2/c28-20-15-23(17-27(20)16-18-7-3-1-4-8-18)11-13-26(14-12-23)22-24-21(29-25-22)19-9-5-2-6-10-19/h1-10H,11-17H2. The fourth-order valence-electron chi connectivity index (χ4n) is 4.49. The van der Waals surface area contributed by atoms with Gasteiger partial charge in [0, 0.05) is 43.6 Å². The van der Waals surface area contributed by atoms with E-state index < -0.39 is 0 Å². The second kappa shape index (κ2) is 7.35. The molecule has 6 heteroatoms. The third kappa shape index (κ3) is 3.62. The molecule has 2 saturated heterocycles. The smallest absolute Gasteiger partial charge is 0.266 e. The number of aromatic nitrogens is 2. The number of anilines is 1. The maximum absolute atomic E-state index is 12.6. The van der Waals surface area contributed by atoms with Gasteiger partial charge in [0.1, 0.15) is 0 Å². The minimum atomic E-state index is 0.0777. The fraction of sp³-hybridized carbons (Fsp3) is 0.348. The molecule has 0 saturated carbocycles. The van der Waals surface area contributed by atoms with Gasteiger partial charge < -0.3 is 14.3 Å². The molecule has 3 aromatic rings. The lowest BCUT2D eigenvalue weighted by Crippen LogP contribution is -2.42. The summed E-state index contributed by atoms with van der Waals surface area (Å²) in [6.45, 7) is 3.24. The van der Waals surface area contributed by atoms with Gasteiger partial charge in [0.15, 0.2) is 0 Å². The largest absolute Gasteiger partial charge is 0.338 e. The van der Waals surface area contributed by atoms with Crippen LogP contribution in [0.1, 0.15) is 24.8 Å². The van der Waals surface area contributed by atoms with Crippen LogP contribution < -0.4 is 4.90 Å². The Morgan fingerprint density at radius 1 is 0.966 bits per heavy atom. The molecule has 2 aliphatic rings. The Hall–Kier alpha value is -3.15. The minimum absolute atomic E-state index is 0.0777. The Kier molecular flexibility index (Phi) is 4.54. The van der Waals surface area contributed by atoms with Crippen molar-refractivity contribution in [3.63, 3.8) is 0 Å². The van der Waals surface area contributed by atoms with Crippen LogP contribution >= 0.6 is 0 Å². The molecule has 2 aromatic carbocycles. The Labute approximate surface area is 170 Å². The average Bonchev–Trinajstić information content (AvgIpc) is 3.36. The van der Waals surface area contributed by atoms with Gasteiger partial charge in [0.2, 0.25) is 5.91 Å². The van der Waals surface area contributed by atoms with Crippen molar-refractivity contribution in [3.05, 3.63) is 66.2 Å². The quantitative estimate of drug-likeness (QED) is 0.681. The molecule has 3 heterocycles. The molecule has 0 unspecified atom stereocenters. The van der Waals surface area contributed by atoms with E-state index in [1.165, 1.54) is 5.56 Å². The lowest BCUT2D eigenvalue weighted by molar-refractivity contribution is -0.128. The first-order valence-corrected chi connectivity index (χ1v) is 10.2. The summed E-state index contributed by atoms with van der Waals surface area (Å²) >= 11 is 0. The predicted octanol–water partition coefficient (Wildman–Crippen LogP) is 3.76. The first kappa shape index (κ1) is 17.9. The van der Waals surface area contributed by atoms with E-state index in [2.05, 4.69) is 27.2 Å². The SMILES string of the molecule is O=C1CC2(CCN(c3noc(-c4ccccc4)n3)CC2)CN1Cc1ccccc1. The summed E-state index contributed by atoms with van der Waals surface area (Å²) in [5.41, 5.74) is 2.20. The van der Waals surface area contributed by atoms with Gasteiger partial charge >= 0.3 is 0 Å². The number of rotatable bonds is 4. The molecule has 6 nitrogen and oxygen atoms in total. The van der Waals surface area contributed by atoms with Gasteiger partial charge in [-0.2, -0.15) is 4.98 Å². The van der Waals surface area contributed by atoms with Gasteiger partial charge in [-0.25, -0.2) is 0 Å². The predicted molar refractivity (Wildman–Crippen MR) is 110 cm³/mol. The lowest BCUT2D eigenvalue weighted by Gasteiger charge is -2.38. The van der Waals surface area contributed by atoms with Crippen LogP contribution in [0.3, 0.4) is 0 Å². The topological polar surface area (TPSA) is 62.5 Å². The Morgan fingerprint density at radius 3 is 2.38 bits per heavy atom. The summed E-state index contributed by atoms with van der Waals surface area (Å²) in [6.07, 6.45) is 2.59. The molecular formula is C23H24N4O2. The summed E-state index contributed by atoms with van der Waals surface area (Å²) in [5, 5.41) is 4.18. The third-order valence-electron chi connectivity index (χ3n) is 6.16. The molecule has 0 atom stereocenters. The van der Waals surface area contributed by atoms with E-state index >= 15 is 0 Å². The summed E-state index contributed by atoms with van der Waals surface area (Å²) in [5.74, 6) is 1.46. The molecule has 0 aliphatic carbocycles. The Bertz CT molecular complexity index is 978. The zero-order chi connectivity index (χ0) is 19.7. The second-order valence-electron chi connectivity index (χ2n) is 8.16. The molecule has 0 radical (unpaired) electrons. The van der Waals surface area contributed by atoms with E-state index in [1.54, 1.807) is 0 Å². The number of amides is 1.